The van der Waals surface area contributed by atoms with Crippen LogP contribution in [0.25, 0.3) is 10.9 Å². The molecule has 0 amide bonds. The van der Waals surface area contributed by atoms with Crippen LogP contribution in [0.15, 0.2) is 24.3 Å². The number of halogens is 1. The van der Waals surface area contributed by atoms with E-state index in [-0.39, 0.29) is 12.4 Å². The van der Waals surface area contributed by atoms with E-state index in [9.17, 15) is 4.79 Å². The third kappa shape index (κ3) is 3.91. The first-order chi connectivity index (χ1) is 13.1. The Hall–Kier alpha value is -1.63. The molecule has 0 radical (unpaired) electrons. The van der Waals surface area contributed by atoms with Gasteiger partial charge in [-0.2, -0.15) is 0 Å². The van der Waals surface area contributed by atoms with Crippen LogP contribution in [0, 0.1) is 6.92 Å². The molecule has 3 rings (SSSR count). The van der Waals surface area contributed by atoms with Gasteiger partial charge in [-0.05, 0) is 58.7 Å². The third-order valence-corrected chi connectivity index (χ3v) is 6.02. The third-order valence-electron chi connectivity index (χ3n) is 5.72. The van der Waals surface area contributed by atoms with Crippen molar-refractivity contribution in [1.29, 1.82) is 0 Å². The molecule has 1 aliphatic rings. The molecule has 5 nitrogen and oxygen atoms in total. The Morgan fingerprint density at radius 1 is 1.25 bits per heavy atom. The molecule has 0 aliphatic carbocycles. The van der Waals surface area contributed by atoms with Gasteiger partial charge in [0.25, 0.3) is 0 Å². The molecule has 1 fully saturated rings. The predicted molar refractivity (Wildman–Crippen MR) is 112 cm³/mol. The Kier molecular flexibility index (Phi) is 5.77. The van der Waals surface area contributed by atoms with Crippen molar-refractivity contribution in [2.24, 2.45) is 0 Å². The van der Waals surface area contributed by atoms with E-state index in [1.807, 2.05) is 58.9 Å². The number of aromatic nitrogens is 1. The molecule has 1 atom stereocenters. The first-order valence-electron chi connectivity index (χ1n) is 9.63. The summed E-state index contributed by atoms with van der Waals surface area (Å²) in [5, 5.41) is 1.32. The Labute approximate surface area is 171 Å². The van der Waals surface area contributed by atoms with Crippen molar-refractivity contribution in [3.8, 4) is 0 Å². The molecule has 0 N–H and O–H groups in total. The van der Waals surface area contributed by atoms with Gasteiger partial charge in [0.15, 0.2) is 0 Å². The molecule has 1 saturated heterocycles. The summed E-state index contributed by atoms with van der Waals surface area (Å²) < 4.78 is 17.7. The van der Waals surface area contributed by atoms with Gasteiger partial charge in [-0.3, -0.25) is 4.79 Å². The smallest absolute Gasteiger partial charge is 0.466 e. The molecule has 7 heteroatoms. The van der Waals surface area contributed by atoms with Gasteiger partial charge in [0.1, 0.15) is 5.15 Å². The molecular weight excluding hydrogens is 376 g/mol. The van der Waals surface area contributed by atoms with Crippen LogP contribution in [-0.2, 0) is 18.8 Å². The topological polar surface area (TPSA) is 57.7 Å². The molecule has 28 heavy (non-hydrogen) atoms. The van der Waals surface area contributed by atoms with E-state index in [0.717, 1.165) is 22.0 Å². The minimum Gasteiger partial charge on any atom is -0.466 e. The number of rotatable bonds is 5. The summed E-state index contributed by atoms with van der Waals surface area (Å²) in [5.41, 5.74) is 1.59. The van der Waals surface area contributed by atoms with Crippen molar-refractivity contribution in [1.82, 2.24) is 4.98 Å². The molecule has 150 valence electrons. The summed E-state index contributed by atoms with van der Waals surface area (Å²) in [6, 6.07) is 7.94. The average Bonchev–Trinajstić information content (AvgIpc) is 2.81. The fourth-order valence-electron chi connectivity index (χ4n) is 3.41. The number of para-hydroxylation sites is 1. The van der Waals surface area contributed by atoms with Crippen molar-refractivity contribution < 1.29 is 18.8 Å². The van der Waals surface area contributed by atoms with Gasteiger partial charge in [-0.15, -0.1) is 0 Å². The van der Waals surface area contributed by atoms with Crippen molar-refractivity contribution >= 4 is 35.6 Å². The summed E-state index contributed by atoms with van der Waals surface area (Å²) in [5.74, 6) is -0.743. The number of esters is 1. The molecule has 0 spiro atoms. The van der Waals surface area contributed by atoms with E-state index >= 15 is 0 Å². The quantitative estimate of drug-likeness (QED) is 0.405. The zero-order valence-electron chi connectivity index (χ0n) is 17.3. The molecule has 1 aliphatic heterocycles. The molecule has 1 aromatic carbocycles. The van der Waals surface area contributed by atoms with Crippen LogP contribution >= 0.6 is 11.6 Å². The standard InChI is InChI=1S/C21H27BClNO4/c1-7-26-17(25)12-16(22-27-20(3,4)21(5,6)28-22)15-11-14-10-8-9-13(2)18(14)24-19(15)23/h8-11,16H,7,12H2,1-6H3. The van der Waals surface area contributed by atoms with Crippen LogP contribution in [0.3, 0.4) is 0 Å². The minimum absolute atomic E-state index is 0.101. The number of carbonyl (C=O) groups excluding carboxylic acids is 1. The highest BCUT2D eigenvalue weighted by molar-refractivity contribution is 6.48. The molecule has 0 saturated carbocycles. The Morgan fingerprint density at radius 3 is 2.50 bits per heavy atom. The van der Waals surface area contributed by atoms with E-state index in [0.29, 0.717) is 11.8 Å². The molecule has 1 unspecified atom stereocenters. The number of aryl methyl sites for hydroxylation is 1. The van der Waals surface area contributed by atoms with Gasteiger partial charge >= 0.3 is 13.1 Å². The summed E-state index contributed by atoms with van der Waals surface area (Å²) in [7, 11) is -0.629. The van der Waals surface area contributed by atoms with E-state index in [1.165, 1.54) is 0 Å². The normalized spacial score (nSPS) is 19.0. The molecule has 2 aromatic rings. The second-order valence-corrected chi connectivity index (χ2v) is 8.61. The minimum atomic E-state index is -0.629. The zero-order valence-corrected chi connectivity index (χ0v) is 18.1. The molecular formula is C21H27BClNO4. The zero-order chi connectivity index (χ0) is 20.7. The molecule has 1 aromatic heterocycles. The Bertz CT molecular complexity index is 883. The van der Waals surface area contributed by atoms with Crippen LogP contribution in [0.2, 0.25) is 5.15 Å². The van der Waals surface area contributed by atoms with Gasteiger partial charge in [0, 0.05) is 11.2 Å². The molecule has 0 bridgehead atoms. The Morgan fingerprint density at radius 2 is 1.89 bits per heavy atom. The van der Waals surface area contributed by atoms with E-state index in [4.69, 9.17) is 25.6 Å². The lowest BCUT2D eigenvalue weighted by Gasteiger charge is -2.32. The highest BCUT2D eigenvalue weighted by atomic mass is 35.5. The summed E-state index contributed by atoms with van der Waals surface area (Å²) >= 11 is 6.58. The maximum absolute atomic E-state index is 12.3. The second-order valence-electron chi connectivity index (χ2n) is 8.26. The number of carbonyl (C=O) groups is 1. The highest BCUT2D eigenvalue weighted by Gasteiger charge is 2.54. The van der Waals surface area contributed by atoms with Gasteiger partial charge in [0.05, 0.1) is 29.7 Å². The number of fused-ring (bicyclic) bond motifs is 1. The summed E-state index contributed by atoms with van der Waals surface area (Å²) in [4.78, 5) is 16.9. The van der Waals surface area contributed by atoms with Gasteiger partial charge in [-0.1, -0.05) is 29.8 Å². The number of nitrogens with zero attached hydrogens (tertiary/aromatic N) is 1. The van der Waals surface area contributed by atoms with Crippen molar-refractivity contribution in [2.75, 3.05) is 6.61 Å². The maximum Gasteiger partial charge on any atom is 0.466 e. The monoisotopic (exact) mass is 403 g/mol. The van der Waals surface area contributed by atoms with E-state index in [2.05, 4.69) is 4.98 Å². The van der Waals surface area contributed by atoms with Crippen LogP contribution in [0.4, 0.5) is 0 Å². The van der Waals surface area contributed by atoms with Crippen LogP contribution in [-0.4, -0.2) is 35.9 Å². The fraction of sp³-hybridized carbons (Fsp3) is 0.524. The van der Waals surface area contributed by atoms with Crippen molar-refractivity contribution in [3.05, 3.63) is 40.5 Å². The SMILES string of the molecule is CCOC(=O)CC(B1OC(C)(C)C(C)(C)O1)c1cc2cccc(C)c2nc1Cl. The first-order valence-corrected chi connectivity index (χ1v) is 10.0. The number of benzene rings is 1. The van der Waals surface area contributed by atoms with Crippen molar-refractivity contribution in [3.63, 3.8) is 0 Å². The van der Waals surface area contributed by atoms with E-state index < -0.39 is 24.1 Å². The number of pyridine rings is 1. The van der Waals surface area contributed by atoms with Crippen LogP contribution in [0.1, 0.15) is 58.0 Å². The average molecular weight is 404 g/mol. The maximum atomic E-state index is 12.3. The van der Waals surface area contributed by atoms with Gasteiger partial charge < -0.3 is 14.0 Å². The fourth-order valence-corrected chi connectivity index (χ4v) is 3.69. The lowest BCUT2D eigenvalue weighted by Crippen LogP contribution is -2.41. The lowest BCUT2D eigenvalue weighted by atomic mass is 9.66. The number of hydrogen-bond donors (Lipinski definition) is 0. The largest absolute Gasteiger partial charge is 0.466 e. The van der Waals surface area contributed by atoms with Gasteiger partial charge in [0.2, 0.25) is 0 Å². The van der Waals surface area contributed by atoms with Crippen LogP contribution in [0.5, 0.6) is 0 Å². The summed E-state index contributed by atoms with van der Waals surface area (Å²) in [6.07, 6.45) is 0.101. The number of hydrogen-bond acceptors (Lipinski definition) is 5. The molecule has 2 heterocycles. The highest BCUT2D eigenvalue weighted by Crippen LogP contribution is 2.43. The lowest BCUT2D eigenvalue weighted by molar-refractivity contribution is -0.143. The second kappa shape index (κ2) is 7.66. The Balaban J connectivity index is 2.06. The van der Waals surface area contributed by atoms with Crippen LogP contribution < -0.4 is 0 Å². The van der Waals surface area contributed by atoms with Gasteiger partial charge in [-0.25, -0.2) is 4.98 Å². The van der Waals surface area contributed by atoms with Crippen molar-refractivity contribution in [2.45, 2.75) is 65.0 Å². The number of ether oxygens (including phenoxy) is 1. The summed E-state index contributed by atoms with van der Waals surface area (Å²) in [6.45, 7) is 12.0. The first kappa shape index (κ1) is 21.1. The van der Waals surface area contributed by atoms with E-state index in [1.54, 1.807) is 6.92 Å². The predicted octanol–water partition coefficient (Wildman–Crippen LogP) is 4.86.